The van der Waals surface area contributed by atoms with Gasteiger partial charge in [0.05, 0.1) is 22.8 Å². The third kappa shape index (κ3) is 6.51. The molecule has 1 saturated heterocycles. The van der Waals surface area contributed by atoms with Gasteiger partial charge in [-0.15, -0.1) is 0 Å². The fourth-order valence-electron chi connectivity index (χ4n) is 3.61. The number of carboxylic acids is 1. The Morgan fingerprint density at radius 3 is 2.45 bits per heavy atom. The van der Waals surface area contributed by atoms with E-state index in [0.29, 0.717) is 50.5 Å². The topological polar surface area (TPSA) is 88.4 Å². The van der Waals surface area contributed by atoms with Gasteiger partial charge >= 0.3 is 5.97 Å². The van der Waals surface area contributed by atoms with E-state index in [4.69, 9.17) is 37.8 Å². The standard InChI is InChI=1S/C28H24Cl2N2O5S/c1-3-32-26(33)25(38-28(32)31-21-10-7-18(8-11-21)27(34)35)14-17-5-12-23(24(13-17)36-4-2)37-16-19-6-9-20(29)15-22(19)30/h5-15H,3-4,16H2,1-2H3,(H,34,35)/b25-14+,31-28?. The highest BCUT2D eigenvalue weighted by molar-refractivity contribution is 8.18. The molecular weight excluding hydrogens is 547 g/mol. The maximum atomic E-state index is 13.1. The van der Waals surface area contributed by atoms with Crippen LogP contribution in [0.5, 0.6) is 11.5 Å². The smallest absolute Gasteiger partial charge is 0.335 e. The van der Waals surface area contributed by atoms with Gasteiger partial charge in [-0.05, 0) is 85.8 Å². The summed E-state index contributed by atoms with van der Waals surface area (Å²) < 4.78 is 11.8. The monoisotopic (exact) mass is 570 g/mol. The molecule has 1 amide bonds. The summed E-state index contributed by atoms with van der Waals surface area (Å²) in [6, 6.07) is 16.9. The molecule has 0 saturated carbocycles. The largest absolute Gasteiger partial charge is 0.490 e. The van der Waals surface area contributed by atoms with Crippen molar-refractivity contribution >= 4 is 63.8 Å². The number of carbonyl (C=O) groups excluding carboxylic acids is 1. The van der Waals surface area contributed by atoms with Crippen LogP contribution in [0.15, 0.2) is 70.6 Å². The number of thioether (sulfide) groups is 1. The quantitative estimate of drug-likeness (QED) is 0.271. The second-order valence-corrected chi connectivity index (χ2v) is 9.92. The summed E-state index contributed by atoms with van der Waals surface area (Å²) in [6.07, 6.45) is 1.79. The summed E-state index contributed by atoms with van der Waals surface area (Å²) in [5.41, 5.74) is 2.29. The zero-order valence-electron chi connectivity index (χ0n) is 20.6. The maximum Gasteiger partial charge on any atom is 0.335 e. The second kappa shape index (κ2) is 12.4. The molecule has 38 heavy (non-hydrogen) atoms. The molecule has 1 heterocycles. The number of rotatable bonds is 9. The van der Waals surface area contributed by atoms with E-state index < -0.39 is 5.97 Å². The molecule has 0 bridgehead atoms. The molecule has 1 N–H and O–H groups in total. The van der Waals surface area contributed by atoms with E-state index in [1.54, 1.807) is 41.3 Å². The number of halogens is 2. The molecule has 3 aromatic rings. The molecule has 7 nitrogen and oxygen atoms in total. The van der Waals surface area contributed by atoms with Crippen LogP contribution in [-0.2, 0) is 11.4 Å². The molecule has 196 valence electrons. The van der Waals surface area contributed by atoms with Crippen LogP contribution in [0.3, 0.4) is 0 Å². The molecule has 0 atom stereocenters. The predicted molar refractivity (Wildman–Crippen MR) is 152 cm³/mol. The molecule has 0 aliphatic carbocycles. The number of nitrogens with zero attached hydrogens (tertiary/aromatic N) is 2. The van der Waals surface area contributed by atoms with Gasteiger partial charge in [-0.25, -0.2) is 9.79 Å². The molecule has 4 rings (SSSR count). The molecule has 0 radical (unpaired) electrons. The number of carboxylic acid groups (broad SMARTS) is 1. The number of amides is 1. The van der Waals surface area contributed by atoms with Gasteiger partial charge in [-0.3, -0.25) is 9.69 Å². The average molecular weight is 571 g/mol. The van der Waals surface area contributed by atoms with Crippen molar-refractivity contribution in [3.8, 4) is 11.5 Å². The number of likely N-dealkylation sites (N-methyl/N-ethyl adjacent to an activating group) is 1. The zero-order valence-corrected chi connectivity index (χ0v) is 22.9. The number of carbonyl (C=O) groups is 2. The highest BCUT2D eigenvalue weighted by atomic mass is 35.5. The Bertz CT molecular complexity index is 1420. The lowest BCUT2D eigenvalue weighted by atomic mass is 10.1. The summed E-state index contributed by atoms with van der Waals surface area (Å²) in [6.45, 7) is 4.87. The Morgan fingerprint density at radius 1 is 1.03 bits per heavy atom. The number of aliphatic imine (C=N–C) groups is 1. The molecular formula is C28H24Cl2N2O5S. The van der Waals surface area contributed by atoms with Crippen LogP contribution in [0.2, 0.25) is 10.0 Å². The lowest BCUT2D eigenvalue weighted by molar-refractivity contribution is -0.122. The number of ether oxygens (including phenoxy) is 2. The average Bonchev–Trinajstić information content (AvgIpc) is 3.18. The Kier molecular flexibility index (Phi) is 8.99. The summed E-state index contributed by atoms with van der Waals surface area (Å²) in [7, 11) is 0. The normalized spacial score (nSPS) is 15.4. The van der Waals surface area contributed by atoms with Gasteiger partial charge in [0.1, 0.15) is 6.61 Å². The number of aromatic carboxylic acids is 1. The summed E-state index contributed by atoms with van der Waals surface area (Å²) in [5, 5.41) is 10.7. The van der Waals surface area contributed by atoms with E-state index in [0.717, 1.165) is 11.1 Å². The maximum absolute atomic E-state index is 13.1. The van der Waals surface area contributed by atoms with Gasteiger partial charge in [0, 0.05) is 22.2 Å². The van der Waals surface area contributed by atoms with E-state index in [2.05, 4.69) is 4.99 Å². The first kappa shape index (κ1) is 27.6. The van der Waals surface area contributed by atoms with Gasteiger partial charge < -0.3 is 14.6 Å². The van der Waals surface area contributed by atoms with Crippen molar-refractivity contribution in [1.29, 1.82) is 0 Å². The van der Waals surface area contributed by atoms with Gasteiger partial charge in [0.2, 0.25) is 0 Å². The van der Waals surface area contributed by atoms with Crippen molar-refractivity contribution in [2.45, 2.75) is 20.5 Å². The Balaban J connectivity index is 1.55. The van der Waals surface area contributed by atoms with Crippen molar-refractivity contribution in [3.05, 3.63) is 92.3 Å². The summed E-state index contributed by atoms with van der Waals surface area (Å²) in [5.74, 6) is -0.0736. The van der Waals surface area contributed by atoms with Gasteiger partial charge in [0.25, 0.3) is 5.91 Å². The molecule has 0 aromatic heterocycles. The lowest BCUT2D eigenvalue weighted by Gasteiger charge is -2.13. The fourth-order valence-corrected chi connectivity index (χ4v) is 5.13. The summed E-state index contributed by atoms with van der Waals surface area (Å²) >= 11 is 13.5. The van der Waals surface area contributed by atoms with E-state index in [1.165, 1.54) is 23.9 Å². The number of amidine groups is 1. The van der Waals surface area contributed by atoms with Crippen LogP contribution < -0.4 is 9.47 Å². The number of hydrogen-bond acceptors (Lipinski definition) is 6. The Morgan fingerprint density at radius 2 is 1.79 bits per heavy atom. The lowest BCUT2D eigenvalue weighted by Crippen LogP contribution is -2.28. The number of benzene rings is 3. The minimum Gasteiger partial charge on any atom is -0.490 e. The third-order valence-electron chi connectivity index (χ3n) is 5.51. The van der Waals surface area contributed by atoms with Crippen molar-refractivity contribution in [3.63, 3.8) is 0 Å². The molecule has 10 heteroatoms. The van der Waals surface area contributed by atoms with Crippen molar-refractivity contribution in [1.82, 2.24) is 4.90 Å². The van der Waals surface area contributed by atoms with Crippen LogP contribution in [0.1, 0.15) is 35.3 Å². The van der Waals surface area contributed by atoms with Crippen molar-refractivity contribution in [2.24, 2.45) is 4.99 Å². The SMILES string of the molecule is CCOc1cc(/C=C2/SC(=Nc3ccc(C(=O)O)cc3)N(CC)C2=O)ccc1OCc1ccc(Cl)cc1Cl. The van der Waals surface area contributed by atoms with E-state index in [1.807, 2.05) is 32.0 Å². The van der Waals surface area contributed by atoms with Crippen LogP contribution >= 0.6 is 35.0 Å². The Labute approximate surface area is 234 Å². The van der Waals surface area contributed by atoms with Crippen LogP contribution in [-0.4, -0.2) is 40.2 Å². The van der Waals surface area contributed by atoms with Gasteiger partial charge in [-0.2, -0.15) is 0 Å². The van der Waals surface area contributed by atoms with Gasteiger partial charge in [0.15, 0.2) is 16.7 Å². The summed E-state index contributed by atoms with van der Waals surface area (Å²) in [4.78, 5) is 30.8. The molecule has 1 fully saturated rings. The van der Waals surface area contributed by atoms with E-state index in [-0.39, 0.29) is 18.1 Å². The van der Waals surface area contributed by atoms with E-state index >= 15 is 0 Å². The minimum atomic E-state index is -1.01. The van der Waals surface area contributed by atoms with Crippen molar-refractivity contribution in [2.75, 3.05) is 13.2 Å². The Hall–Kier alpha value is -3.46. The molecule has 0 spiro atoms. The van der Waals surface area contributed by atoms with Crippen LogP contribution in [0, 0.1) is 0 Å². The van der Waals surface area contributed by atoms with Gasteiger partial charge in [-0.1, -0.05) is 35.3 Å². The molecule has 0 unspecified atom stereocenters. The zero-order chi connectivity index (χ0) is 27.2. The van der Waals surface area contributed by atoms with E-state index in [9.17, 15) is 9.59 Å². The molecule has 3 aromatic carbocycles. The first-order valence-electron chi connectivity index (χ1n) is 11.8. The third-order valence-corrected chi connectivity index (χ3v) is 7.10. The predicted octanol–water partition coefficient (Wildman–Crippen LogP) is 7.29. The first-order valence-corrected chi connectivity index (χ1v) is 13.3. The second-order valence-electron chi connectivity index (χ2n) is 8.07. The minimum absolute atomic E-state index is 0.158. The molecule has 1 aliphatic heterocycles. The van der Waals surface area contributed by atoms with Crippen molar-refractivity contribution < 1.29 is 24.2 Å². The first-order chi connectivity index (χ1) is 18.3. The fraction of sp³-hybridized carbons (Fsp3) is 0.179. The highest BCUT2D eigenvalue weighted by Gasteiger charge is 2.32. The molecule has 1 aliphatic rings. The van der Waals surface area contributed by atoms with Crippen LogP contribution in [0.4, 0.5) is 5.69 Å². The number of hydrogen-bond donors (Lipinski definition) is 1. The van der Waals surface area contributed by atoms with Crippen LogP contribution in [0.25, 0.3) is 6.08 Å². The highest BCUT2D eigenvalue weighted by Crippen LogP contribution is 2.36.